The Hall–Kier alpha value is -1.03. The number of benzene rings is 2. The molecule has 1 aliphatic heterocycles. The first-order valence-corrected chi connectivity index (χ1v) is 8.77. The lowest BCUT2D eigenvalue weighted by Crippen LogP contribution is -2.26. The molecule has 3 rings (SSSR count). The molecule has 1 fully saturated rings. The first-order valence-electron chi connectivity index (χ1n) is 7.57. The Morgan fingerprint density at radius 1 is 1.09 bits per heavy atom. The van der Waals surface area contributed by atoms with Crippen LogP contribution in [0.25, 0.3) is 0 Å². The second-order valence-corrected chi connectivity index (χ2v) is 7.23. The summed E-state index contributed by atoms with van der Waals surface area (Å²) in [5.41, 5.74) is 2.37. The minimum absolute atomic E-state index is 0.191. The molecule has 1 saturated heterocycles. The van der Waals surface area contributed by atoms with Gasteiger partial charge in [0.05, 0.1) is 5.02 Å². The maximum atomic E-state index is 13.7. The first kappa shape index (κ1) is 15.9. The van der Waals surface area contributed by atoms with Gasteiger partial charge >= 0.3 is 0 Å². The number of halogens is 2. The van der Waals surface area contributed by atoms with Gasteiger partial charge in [-0.1, -0.05) is 35.5 Å². The standard InChI is InChI=1S/C18H19ClFNS/c1-12-2-5-17(16(19)10-12)22-18-11-14(20)3-4-15(18)13-6-8-21-9-7-13/h2-5,10-11,13,21H,6-9H2,1H3. The molecule has 0 spiro atoms. The highest BCUT2D eigenvalue weighted by Crippen LogP contribution is 2.40. The van der Waals surface area contributed by atoms with Gasteiger partial charge in [0.25, 0.3) is 0 Å². The third-order valence-corrected chi connectivity index (χ3v) is 5.64. The van der Waals surface area contributed by atoms with Crippen LogP contribution < -0.4 is 5.32 Å². The van der Waals surface area contributed by atoms with Crippen LogP contribution in [0.15, 0.2) is 46.2 Å². The van der Waals surface area contributed by atoms with Gasteiger partial charge in [0.2, 0.25) is 0 Å². The molecule has 2 aromatic rings. The minimum atomic E-state index is -0.191. The van der Waals surface area contributed by atoms with Gasteiger partial charge in [0.1, 0.15) is 5.82 Å². The maximum Gasteiger partial charge on any atom is 0.124 e. The van der Waals surface area contributed by atoms with Crippen LogP contribution in [0.5, 0.6) is 0 Å². The van der Waals surface area contributed by atoms with Crippen LogP contribution in [0.2, 0.25) is 5.02 Å². The second-order valence-electron chi connectivity index (χ2n) is 5.74. The predicted molar refractivity (Wildman–Crippen MR) is 91.6 cm³/mol. The van der Waals surface area contributed by atoms with Crippen molar-refractivity contribution in [1.29, 1.82) is 0 Å². The number of piperidine rings is 1. The van der Waals surface area contributed by atoms with Crippen molar-refractivity contribution in [2.75, 3.05) is 13.1 Å². The Labute approximate surface area is 140 Å². The molecule has 0 aromatic heterocycles. The molecule has 1 heterocycles. The summed E-state index contributed by atoms with van der Waals surface area (Å²) >= 11 is 7.90. The maximum absolute atomic E-state index is 13.7. The highest BCUT2D eigenvalue weighted by Gasteiger charge is 2.19. The Kier molecular flexibility index (Phi) is 5.07. The van der Waals surface area contributed by atoms with Gasteiger partial charge in [0.15, 0.2) is 0 Å². The van der Waals surface area contributed by atoms with Crippen molar-refractivity contribution in [1.82, 2.24) is 5.32 Å². The summed E-state index contributed by atoms with van der Waals surface area (Å²) in [5.74, 6) is 0.303. The van der Waals surface area contributed by atoms with Crippen molar-refractivity contribution < 1.29 is 4.39 Å². The van der Waals surface area contributed by atoms with Gasteiger partial charge < -0.3 is 5.32 Å². The molecule has 0 amide bonds. The number of hydrogen-bond donors (Lipinski definition) is 1. The van der Waals surface area contributed by atoms with E-state index >= 15 is 0 Å². The quantitative estimate of drug-likeness (QED) is 0.805. The summed E-state index contributed by atoms with van der Waals surface area (Å²) < 4.78 is 13.7. The molecule has 0 bridgehead atoms. The fourth-order valence-electron chi connectivity index (χ4n) is 2.87. The van der Waals surface area contributed by atoms with Gasteiger partial charge in [0, 0.05) is 9.79 Å². The van der Waals surface area contributed by atoms with Crippen molar-refractivity contribution in [3.8, 4) is 0 Å². The Balaban J connectivity index is 1.92. The number of rotatable bonds is 3. The smallest absolute Gasteiger partial charge is 0.124 e. The first-order chi connectivity index (χ1) is 10.6. The molecule has 2 aromatic carbocycles. The Morgan fingerprint density at radius 3 is 2.59 bits per heavy atom. The normalized spacial score (nSPS) is 16.0. The molecule has 22 heavy (non-hydrogen) atoms. The molecule has 0 saturated carbocycles. The number of hydrogen-bond acceptors (Lipinski definition) is 2. The number of aryl methyl sites for hydroxylation is 1. The molecule has 1 N–H and O–H groups in total. The summed E-state index contributed by atoms with van der Waals surface area (Å²) in [6.45, 7) is 4.07. The molecule has 0 aliphatic carbocycles. The van der Waals surface area contributed by atoms with E-state index in [0.29, 0.717) is 5.92 Å². The summed E-state index contributed by atoms with van der Waals surface area (Å²) in [6, 6.07) is 11.1. The fourth-order valence-corrected chi connectivity index (χ4v) is 4.28. The van der Waals surface area contributed by atoms with Crippen LogP contribution in [0.1, 0.15) is 29.9 Å². The van der Waals surface area contributed by atoms with E-state index in [1.54, 1.807) is 23.9 Å². The summed E-state index contributed by atoms with van der Waals surface area (Å²) in [5, 5.41) is 4.11. The van der Waals surface area contributed by atoms with Gasteiger partial charge in [-0.15, -0.1) is 0 Å². The summed E-state index contributed by atoms with van der Waals surface area (Å²) in [4.78, 5) is 1.96. The number of nitrogens with one attached hydrogen (secondary N) is 1. The van der Waals surface area contributed by atoms with Crippen molar-refractivity contribution >= 4 is 23.4 Å². The zero-order valence-corrected chi connectivity index (χ0v) is 14.1. The van der Waals surface area contributed by atoms with Gasteiger partial charge in [-0.05, 0) is 74.2 Å². The van der Waals surface area contributed by atoms with E-state index in [-0.39, 0.29) is 5.82 Å². The van der Waals surface area contributed by atoms with Gasteiger partial charge in [-0.3, -0.25) is 0 Å². The topological polar surface area (TPSA) is 12.0 Å². The van der Waals surface area contributed by atoms with Crippen LogP contribution in [0.4, 0.5) is 4.39 Å². The Morgan fingerprint density at radius 2 is 1.86 bits per heavy atom. The van der Waals surface area contributed by atoms with Crippen molar-refractivity contribution in [2.24, 2.45) is 0 Å². The zero-order valence-electron chi connectivity index (χ0n) is 12.5. The molecule has 1 nitrogen and oxygen atoms in total. The van der Waals surface area contributed by atoms with E-state index in [4.69, 9.17) is 11.6 Å². The zero-order chi connectivity index (χ0) is 15.5. The Bertz CT molecular complexity index is 668. The second kappa shape index (κ2) is 7.03. The van der Waals surface area contributed by atoms with E-state index in [1.165, 1.54) is 5.56 Å². The molecular weight excluding hydrogens is 317 g/mol. The van der Waals surface area contributed by atoms with E-state index < -0.39 is 0 Å². The average molecular weight is 336 g/mol. The SMILES string of the molecule is Cc1ccc(Sc2cc(F)ccc2C2CCNCC2)c(Cl)c1. The van der Waals surface area contributed by atoms with E-state index in [9.17, 15) is 4.39 Å². The molecule has 116 valence electrons. The van der Waals surface area contributed by atoms with Gasteiger partial charge in [-0.25, -0.2) is 4.39 Å². The van der Waals surface area contributed by atoms with E-state index in [2.05, 4.69) is 5.32 Å². The van der Waals surface area contributed by atoms with Crippen molar-refractivity contribution in [2.45, 2.75) is 35.5 Å². The van der Waals surface area contributed by atoms with Crippen LogP contribution in [0.3, 0.4) is 0 Å². The summed E-state index contributed by atoms with van der Waals surface area (Å²) in [7, 11) is 0. The van der Waals surface area contributed by atoms with Crippen LogP contribution in [0, 0.1) is 12.7 Å². The van der Waals surface area contributed by atoms with E-state index in [1.807, 2.05) is 31.2 Å². The van der Waals surface area contributed by atoms with Crippen LogP contribution in [-0.2, 0) is 0 Å². The molecular formula is C18H19ClFNS. The van der Waals surface area contributed by atoms with Crippen molar-refractivity contribution in [3.63, 3.8) is 0 Å². The van der Waals surface area contributed by atoms with Crippen LogP contribution >= 0.6 is 23.4 Å². The van der Waals surface area contributed by atoms with E-state index in [0.717, 1.165) is 46.3 Å². The lowest BCUT2D eigenvalue weighted by Gasteiger charge is -2.25. The van der Waals surface area contributed by atoms with Crippen molar-refractivity contribution in [3.05, 3.63) is 58.4 Å². The third-order valence-electron chi connectivity index (χ3n) is 4.06. The minimum Gasteiger partial charge on any atom is -0.317 e. The molecule has 1 aliphatic rings. The average Bonchev–Trinajstić information content (AvgIpc) is 2.51. The highest BCUT2D eigenvalue weighted by molar-refractivity contribution is 7.99. The lowest BCUT2D eigenvalue weighted by molar-refractivity contribution is 0.455. The lowest BCUT2D eigenvalue weighted by atomic mass is 9.90. The highest BCUT2D eigenvalue weighted by atomic mass is 35.5. The van der Waals surface area contributed by atoms with Crippen LogP contribution in [-0.4, -0.2) is 13.1 Å². The predicted octanol–water partition coefficient (Wildman–Crippen LogP) is 5.41. The summed E-state index contributed by atoms with van der Waals surface area (Å²) in [6.07, 6.45) is 2.20. The third kappa shape index (κ3) is 3.65. The molecule has 0 atom stereocenters. The molecule has 4 heteroatoms. The largest absolute Gasteiger partial charge is 0.317 e. The fraction of sp³-hybridized carbons (Fsp3) is 0.333. The molecule has 0 unspecified atom stereocenters. The van der Waals surface area contributed by atoms with Gasteiger partial charge in [-0.2, -0.15) is 0 Å². The monoisotopic (exact) mass is 335 g/mol. The molecule has 0 radical (unpaired) electrons.